The number of piperidine rings is 1. The number of nitrogens with one attached hydrogen (secondary N) is 1. The summed E-state index contributed by atoms with van der Waals surface area (Å²) in [6.45, 7) is 5.35. The van der Waals surface area contributed by atoms with Gasteiger partial charge in [0, 0.05) is 38.3 Å². The fourth-order valence-corrected chi connectivity index (χ4v) is 5.51. The highest BCUT2D eigenvalue weighted by molar-refractivity contribution is 7.99. The molecule has 0 aliphatic carbocycles. The van der Waals surface area contributed by atoms with E-state index in [0.29, 0.717) is 19.6 Å². The first-order chi connectivity index (χ1) is 18.1. The third-order valence-electron chi connectivity index (χ3n) is 6.89. The van der Waals surface area contributed by atoms with Crippen LogP contribution in [0.15, 0.2) is 35.6 Å². The second-order valence-electron chi connectivity index (χ2n) is 9.31. The first-order valence-corrected chi connectivity index (χ1v) is 13.9. The molecule has 0 bridgehead atoms. The van der Waals surface area contributed by atoms with Crippen LogP contribution in [0, 0.1) is 5.92 Å². The lowest BCUT2D eigenvalue weighted by molar-refractivity contribution is -0.126. The van der Waals surface area contributed by atoms with Gasteiger partial charge in [-0.15, -0.1) is 0 Å². The van der Waals surface area contributed by atoms with E-state index in [0.717, 1.165) is 52.3 Å². The van der Waals surface area contributed by atoms with Gasteiger partial charge in [0.2, 0.25) is 11.8 Å². The van der Waals surface area contributed by atoms with E-state index in [-0.39, 0.29) is 24.2 Å². The number of carbonyl (C=O) groups excluding carboxylic acids is 2. The number of hydrogen-bond acceptors (Lipinski definition) is 8. The molecule has 2 aliphatic heterocycles. The number of thioether (sulfide) groups is 1. The van der Waals surface area contributed by atoms with Gasteiger partial charge in [0.05, 0.1) is 31.2 Å². The van der Waals surface area contributed by atoms with Crippen molar-refractivity contribution in [3.05, 3.63) is 30.5 Å². The van der Waals surface area contributed by atoms with E-state index in [4.69, 9.17) is 14.7 Å². The van der Waals surface area contributed by atoms with Crippen LogP contribution < -0.4 is 19.9 Å². The Morgan fingerprint density at radius 1 is 1.16 bits per heavy atom. The van der Waals surface area contributed by atoms with Crippen molar-refractivity contribution in [2.24, 2.45) is 5.92 Å². The maximum Gasteiger partial charge on any atom is 0.227 e. The molecular weight excluding hydrogens is 490 g/mol. The van der Waals surface area contributed by atoms with Crippen LogP contribution >= 0.6 is 11.8 Å². The average molecular weight is 524 g/mol. The quantitative estimate of drug-likeness (QED) is 0.337. The summed E-state index contributed by atoms with van der Waals surface area (Å²) in [6.07, 6.45) is 5.63. The van der Waals surface area contributed by atoms with E-state index in [1.54, 1.807) is 23.8 Å². The Labute approximate surface area is 220 Å². The topological polar surface area (TPSA) is 105 Å². The molecule has 37 heavy (non-hydrogen) atoms. The molecule has 196 valence electrons. The molecule has 2 fully saturated rings. The number of aromatic nitrogens is 4. The number of carbonyl (C=O) groups is 2. The van der Waals surface area contributed by atoms with Gasteiger partial charge < -0.3 is 19.9 Å². The summed E-state index contributed by atoms with van der Waals surface area (Å²) in [5, 5.41) is 9.28. The summed E-state index contributed by atoms with van der Waals surface area (Å²) in [5.41, 5.74) is 1.57. The molecule has 2 amide bonds. The number of benzene rings is 1. The maximum atomic E-state index is 12.9. The van der Waals surface area contributed by atoms with Crippen molar-refractivity contribution in [1.29, 1.82) is 0 Å². The number of hydrogen-bond donors (Lipinski definition) is 1. The zero-order chi connectivity index (χ0) is 25.8. The van der Waals surface area contributed by atoms with Crippen LogP contribution in [0.3, 0.4) is 0 Å². The van der Waals surface area contributed by atoms with Crippen LogP contribution in [0.1, 0.15) is 32.6 Å². The van der Waals surface area contributed by atoms with Crippen molar-refractivity contribution in [3.8, 4) is 5.75 Å². The fraction of sp³-hybridized carbons (Fsp3) is 0.500. The summed E-state index contributed by atoms with van der Waals surface area (Å²) < 4.78 is 7.03. The van der Waals surface area contributed by atoms with Gasteiger partial charge in [0.25, 0.3) is 0 Å². The maximum absolute atomic E-state index is 12.9. The molecule has 2 saturated heterocycles. The van der Waals surface area contributed by atoms with Crippen LogP contribution in [0.5, 0.6) is 5.75 Å². The lowest BCUT2D eigenvalue weighted by Crippen LogP contribution is -2.35. The minimum absolute atomic E-state index is 0.0497. The summed E-state index contributed by atoms with van der Waals surface area (Å²) in [5.74, 6) is 2.02. The van der Waals surface area contributed by atoms with Gasteiger partial charge in [0.1, 0.15) is 11.6 Å². The van der Waals surface area contributed by atoms with Crippen molar-refractivity contribution in [2.45, 2.75) is 44.3 Å². The summed E-state index contributed by atoms with van der Waals surface area (Å²) >= 11 is 1.62. The van der Waals surface area contributed by atoms with E-state index in [1.165, 1.54) is 19.3 Å². The highest BCUT2D eigenvalue weighted by Gasteiger charge is 2.35. The van der Waals surface area contributed by atoms with Crippen molar-refractivity contribution >= 4 is 46.1 Å². The van der Waals surface area contributed by atoms with Crippen LogP contribution in [-0.2, 0) is 16.1 Å². The summed E-state index contributed by atoms with van der Waals surface area (Å²) in [4.78, 5) is 39.1. The van der Waals surface area contributed by atoms with Crippen LogP contribution in [0.2, 0.25) is 0 Å². The zero-order valence-corrected chi connectivity index (χ0v) is 22.2. The number of methoxy groups -OCH3 is 1. The molecule has 1 aromatic carbocycles. The lowest BCUT2D eigenvalue weighted by atomic mass is 10.1. The van der Waals surface area contributed by atoms with E-state index in [2.05, 4.69) is 22.2 Å². The summed E-state index contributed by atoms with van der Waals surface area (Å²) in [6, 6.07) is 7.31. The molecule has 0 spiro atoms. The fourth-order valence-electron chi connectivity index (χ4n) is 4.95. The smallest absolute Gasteiger partial charge is 0.227 e. The predicted octanol–water partition coefficient (Wildman–Crippen LogP) is 3.11. The van der Waals surface area contributed by atoms with Crippen molar-refractivity contribution < 1.29 is 14.3 Å². The third kappa shape index (κ3) is 5.51. The number of ether oxygens (including phenoxy) is 1. The SMILES string of the molecule is CCSc1nc(N2CCCCC2)c2cnn(CCNC(=O)C3CC(=O)N(c4ccc(OC)cc4)C3)c2n1. The van der Waals surface area contributed by atoms with Gasteiger partial charge in [0.15, 0.2) is 10.8 Å². The van der Waals surface area contributed by atoms with Crippen LogP contribution in [0.4, 0.5) is 11.5 Å². The number of rotatable bonds is 9. The van der Waals surface area contributed by atoms with Gasteiger partial charge in [-0.2, -0.15) is 5.10 Å². The Balaban J connectivity index is 1.23. The number of fused-ring (bicyclic) bond motifs is 1. The van der Waals surface area contributed by atoms with Crippen LogP contribution in [0.25, 0.3) is 11.0 Å². The Bertz CT molecular complexity index is 1260. The third-order valence-corrected chi connectivity index (χ3v) is 7.62. The first-order valence-electron chi connectivity index (χ1n) is 12.9. The average Bonchev–Trinajstić information content (AvgIpc) is 3.52. The second-order valence-corrected chi connectivity index (χ2v) is 10.5. The van der Waals surface area contributed by atoms with Gasteiger partial charge in [-0.05, 0) is 49.3 Å². The second kappa shape index (κ2) is 11.4. The van der Waals surface area contributed by atoms with Crippen molar-refractivity contribution in [3.63, 3.8) is 0 Å². The molecule has 0 saturated carbocycles. The highest BCUT2D eigenvalue weighted by atomic mass is 32.2. The molecule has 1 unspecified atom stereocenters. The minimum atomic E-state index is -0.385. The number of anilines is 2. The van der Waals surface area contributed by atoms with Crippen molar-refractivity contribution in [2.75, 3.05) is 48.8 Å². The van der Waals surface area contributed by atoms with Crippen molar-refractivity contribution in [1.82, 2.24) is 25.1 Å². The Morgan fingerprint density at radius 2 is 1.95 bits per heavy atom. The standard InChI is InChI=1S/C26H33N7O3S/c1-3-37-26-29-23(31-12-5-4-6-13-31)21-16-28-33(24(21)30-26)14-11-27-25(35)18-15-22(34)32(17-18)19-7-9-20(36-2)10-8-19/h7-10,16,18H,3-6,11-15,17H2,1-2H3,(H,27,35). The van der Waals surface area contributed by atoms with E-state index < -0.39 is 0 Å². The Kier molecular flexibility index (Phi) is 7.78. The number of nitrogens with zero attached hydrogens (tertiary/aromatic N) is 6. The Hall–Kier alpha value is -3.34. The number of amides is 2. The molecular formula is C26H33N7O3S. The van der Waals surface area contributed by atoms with Crippen LogP contribution in [-0.4, -0.2) is 70.6 Å². The van der Waals surface area contributed by atoms with Gasteiger partial charge in [-0.3, -0.25) is 9.59 Å². The van der Waals surface area contributed by atoms with E-state index in [1.807, 2.05) is 35.1 Å². The largest absolute Gasteiger partial charge is 0.497 e. The molecule has 2 aromatic heterocycles. The molecule has 0 radical (unpaired) electrons. The first kappa shape index (κ1) is 25.3. The monoisotopic (exact) mass is 523 g/mol. The predicted molar refractivity (Wildman–Crippen MR) is 144 cm³/mol. The van der Waals surface area contributed by atoms with Gasteiger partial charge >= 0.3 is 0 Å². The summed E-state index contributed by atoms with van der Waals surface area (Å²) in [7, 11) is 1.60. The molecule has 1 N–H and O–H groups in total. The van der Waals surface area contributed by atoms with E-state index >= 15 is 0 Å². The van der Waals surface area contributed by atoms with Gasteiger partial charge in [-0.1, -0.05) is 18.7 Å². The molecule has 10 nitrogen and oxygen atoms in total. The lowest BCUT2D eigenvalue weighted by Gasteiger charge is -2.28. The molecule has 3 aromatic rings. The normalized spacial score (nSPS) is 18.0. The highest BCUT2D eigenvalue weighted by Crippen LogP contribution is 2.29. The molecule has 4 heterocycles. The molecule has 11 heteroatoms. The molecule has 5 rings (SSSR count). The van der Waals surface area contributed by atoms with Gasteiger partial charge in [-0.25, -0.2) is 14.6 Å². The minimum Gasteiger partial charge on any atom is -0.497 e. The van der Waals surface area contributed by atoms with E-state index in [9.17, 15) is 9.59 Å². The zero-order valence-electron chi connectivity index (χ0n) is 21.4. The Morgan fingerprint density at radius 3 is 2.68 bits per heavy atom. The molecule has 1 atom stereocenters. The molecule has 2 aliphatic rings.